The summed E-state index contributed by atoms with van der Waals surface area (Å²) in [7, 11) is 1.36. The number of hydrogen-bond donors (Lipinski definition) is 1. The van der Waals surface area contributed by atoms with Crippen molar-refractivity contribution in [1.82, 2.24) is 4.98 Å². The van der Waals surface area contributed by atoms with Crippen molar-refractivity contribution in [2.24, 2.45) is 0 Å². The van der Waals surface area contributed by atoms with Gasteiger partial charge in [-0.2, -0.15) is 0 Å². The Hall–Kier alpha value is -4.18. The molecule has 0 aliphatic carbocycles. The maximum atomic E-state index is 11.6. The van der Waals surface area contributed by atoms with Gasteiger partial charge in [-0.1, -0.05) is 91.0 Å². The van der Waals surface area contributed by atoms with E-state index in [1.807, 2.05) is 73.7 Å². The van der Waals surface area contributed by atoms with Gasteiger partial charge in [0.15, 0.2) is 0 Å². The van der Waals surface area contributed by atoms with Crippen molar-refractivity contribution < 1.29 is 9.53 Å². The number of benzene rings is 3. The van der Waals surface area contributed by atoms with Gasteiger partial charge in [-0.05, 0) is 47.4 Å². The van der Waals surface area contributed by atoms with Crippen LogP contribution in [0.2, 0.25) is 0 Å². The first-order chi connectivity index (χ1) is 16.1. The van der Waals surface area contributed by atoms with E-state index in [2.05, 4.69) is 41.7 Å². The van der Waals surface area contributed by atoms with Gasteiger partial charge in [-0.3, -0.25) is 0 Å². The van der Waals surface area contributed by atoms with E-state index in [4.69, 9.17) is 9.72 Å². The molecule has 0 radical (unpaired) electrons. The molecule has 0 bridgehead atoms. The van der Waals surface area contributed by atoms with Crippen molar-refractivity contribution in [3.8, 4) is 0 Å². The minimum Gasteiger partial charge on any atom is -0.466 e. The third-order valence-electron chi connectivity index (χ3n) is 5.52. The Balaban J connectivity index is 1.91. The van der Waals surface area contributed by atoms with Crippen LogP contribution in [0.25, 0.3) is 6.08 Å². The Bertz CT molecular complexity index is 1140. The topological polar surface area (TPSA) is 51.2 Å². The number of carbonyl (C=O) groups excluding carboxylic acids is 1. The van der Waals surface area contributed by atoms with E-state index in [-0.39, 0.29) is 0 Å². The second-order valence-corrected chi connectivity index (χ2v) is 7.78. The number of hydrogen-bond acceptors (Lipinski definition) is 4. The molecule has 0 atom stereocenters. The molecule has 0 aliphatic rings. The first-order valence-electron chi connectivity index (χ1n) is 10.8. The highest BCUT2D eigenvalue weighted by atomic mass is 16.5. The molecule has 33 heavy (non-hydrogen) atoms. The molecular weight excluding hydrogens is 408 g/mol. The minimum absolute atomic E-state index is 0.417. The van der Waals surface area contributed by atoms with Crippen molar-refractivity contribution in [2.45, 2.75) is 12.5 Å². The lowest BCUT2D eigenvalue weighted by Gasteiger charge is -2.37. The molecule has 0 spiro atoms. The minimum atomic E-state index is -0.673. The molecule has 0 aliphatic heterocycles. The lowest BCUT2D eigenvalue weighted by atomic mass is 9.77. The normalized spacial score (nSPS) is 11.3. The molecule has 3 aromatic carbocycles. The van der Waals surface area contributed by atoms with Crippen LogP contribution in [-0.2, 0) is 15.1 Å². The molecule has 1 aromatic heterocycles. The molecule has 0 fully saturated rings. The number of aryl methyl sites for hydroxylation is 1. The van der Waals surface area contributed by atoms with Crippen LogP contribution in [0.1, 0.15) is 27.9 Å². The number of esters is 1. The fourth-order valence-corrected chi connectivity index (χ4v) is 4.04. The van der Waals surface area contributed by atoms with Gasteiger partial charge < -0.3 is 10.1 Å². The zero-order chi connectivity index (χ0) is 23.1. The third kappa shape index (κ3) is 4.85. The predicted octanol–water partition coefficient (Wildman–Crippen LogP) is 5.98. The van der Waals surface area contributed by atoms with Gasteiger partial charge in [0.25, 0.3) is 0 Å². The van der Waals surface area contributed by atoms with Crippen molar-refractivity contribution in [3.63, 3.8) is 0 Å². The van der Waals surface area contributed by atoms with E-state index in [1.54, 1.807) is 6.08 Å². The number of nitrogens with one attached hydrogen (secondary N) is 1. The number of aromatic nitrogens is 1. The fourth-order valence-electron chi connectivity index (χ4n) is 4.04. The molecular formula is C29H26N2O2. The molecule has 4 nitrogen and oxygen atoms in total. The highest BCUT2D eigenvalue weighted by Crippen LogP contribution is 2.39. The van der Waals surface area contributed by atoms with Crippen LogP contribution >= 0.6 is 0 Å². The summed E-state index contributed by atoms with van der Waals surface area (Å²) in [4.78, 5) is 16.4. The van der Waals surface area contributed by atoms with E-state index in [1.165, 1.54) is 13.2 Å². The molecule has 4 aromatic rings. The molecule has 0 unspecified atom stereocenters. The Labute approximate surface area is 194 Å². The van der Waals surface area contributed by atoms with Crippen LogP contribution in [0.3, 0.4) is 0 Å². The molecule has 1 N–H and O–H groups in total. The highest BCUT2D eigenvalue weighted by Gasteiger charge is 2.36. The number of anilines is 1. The van der Waals surface area contributed by atoms with Gasteiger partial charge in [0, 0.05) is 6.08 Å². The molecule has 0 saturated carbocycles. The summed E-state index contributed by atoms with van der Waals surface area (Å²) in [5.41, 5.74) is 4.31. The number of pyridine rings is 1. The number of methoxy groups -OCH3 is 1. The lowest BCUT2D eigenvalue weighted by Crippen LogP contribution is -2.38. The summed E-state index contributed by atoms with van der Waals surface area (Å²) in [5.74, 6) is 0.288. The summed E-state index contributed by atoms with van der Waals surface area (Å²) < 4.78 is 4.72. The van der Waals surface area contributed by atoms with E-state index in [9.17, 15) is 4.79 Å². The quantitative estimate of drug-likeness (QED) is 0.221. The van der Waals surface area contributed by atoms with Crippen LogP contribution in [0.5, 0.6) is 0 Å². The molecule has 0 amide bonds. The zero-order valence-electron chi connectivity index (χ0n) is 18.7. The zero-order valence-corrected chi connectivity index (χ0v) is 18.7. The molecule has 1 heterocycles. The van der Waals surface area contributed by atoms with Gasteiger partial charge in [0.1, 0.15) is 11.4 Å². The van der Waals surface area contributed by atoms with Crippen molar-refractivity contribution in [1.29, 1.82) is 0 Å². The first kappa shape index (κ1) is 22.0. The molecule has 4 rings (SSSR count). The van der Waals surface area contributed by atoms with Crippen LogP contribution in [0.15, 0.2) is 109 Å². The van der Waals surface area contributed by atoms with Crippen LogP contribution < -0.4 is 5.32 Å². The Morgan fingerprint density at radius 3 is 1.76 bits per heavy atom. The van der Waals surface area contributed by atoms with E-state index >= 15 is 0 Å². The number of nitrogens with zero attached hydrogens (tertiary/aromatic N) is 1. The summed E-state index contributed by atoms with van der Waals surface area (Å²) in [6, 6.07) is 35.0. The average Bonchev–Trinajstić information content (AvgIpc) is 2.87. The second-order valence-electron chi connectivity index (χ2n) is 7.78. The van der Waals surface area contributed by atoms with Crippen molar-refractivity contribution in [3.05, 3.63) is 137 Å². The maximum absolute atomic E-state index is 11.6. The highest BCUT2D eigenvalue weighted by molar-refractivity contribution is 5.86. The first-order valence-corrected chi connectivity index (χ1v) is 10.8. The SMILES string of the molecule is COC(=O)/C=C/c1cc(C)cc(NC(c2ccccc2)(c2ccccc2)c2ccccc2)n1. The predicted molar refractivity (Wildman–Crippen MR) is 133 cm³/mol. The Morgan fingerprint density at radius 2 is 1.30 bits per heavy atom. The van der Waals surface area contributed by atoms with Crippen LogP contribution in [-0.4, -0.2) is 18.1 Å². The summed E-state index contributed by atoms with van der Waals surface area (Å²) in [6.07, 6.45) is 3.05. The number of carbonyl (C=O) groups is 1. The van der Waals surface area contributed by atoms with Gasteiger partial charge in [-0.25, -0.2) is 9.78 Å². The smallest absolute Gasteiger partial charge is 0.330 e. The van der Waals surface area contributed by atoms with E-state index in [0.29, 0.717) is 11.5 Å². The summed E-state index contributed by atoms with van der Waals surface area (Å²) >= 11 is 0. The summed E-state index contributed by atoms with van der Waals surface area (Å²) in [6.45, 7) is 2.01. The standard InChI is InChI=1S/C29H26N2O2/c1-22-20-26(18-19-28(32)33-2)30-27(21-22)31-29(23-12-6-3-7-13-23,24-14-8-4-9-15-24)25-16-10-5-11-17-25/h3-21H,1-2H3,(H,30,31)/b19-18+. The fraction of sp³-hybridized carbons (Fsp3) is 0.103. The van der Waals surface area contributed by atoms with Gasteiger partial charge in [-0.15, -0.1) is 0 Å². The maximum Gasteiger partial charge on any atom is 0.330 e. The monoisotopic (exact) mass is 434 g/mol. The van der Waals surface area contributed by atoms with Gasteiger partial charge >= 0.3 is 5.97 Å². The molecule has 4 heteroatoms. The number of rotatable bonds is 7. The second kappa shape index (κ2) is 9.96. The van der Waals surface area contributed by atoms with Crippen LogP contribution in [0.4, 0.5) is 5.82 Å². The van der Waals surface area contributed by atoms with Crippen molar-refractivity contribution in [2.75, 3.05) is 12.4 Å². The third-order valence-corrected chi connectivity index (χ3v) is 5.52. The molecule has 0 saturated heterocycles. The summed E-state index contributed by atoms with van der Waals surface area (Å²) in [5, 5.41) is 3.76. The number of ether oxygens (including phenoxy) is 1. The Morgan fingerprint density at radius 1 is 0.818 bits per heavy atom. The largest absolute Gasteiger partial charge is 0.466 e. The van der Waals surface area contributed by atoms with Gasteiger partial charge in [0.05, 0.1) is 12.8 Å². The van der Waals surface area contributed by atoms with Crippen LogP contribution in [0, 0.1) is 6.92 Å². The lowest BCUT2D eigenvalue weighted by molar-refractivity contribution is -0.134. The van der Waals surface area contributed by atoms with E-state index in [0.717, 1.165) is 22.3 Å². The average molecular weight is 435 g/mol. The molecule has 164 valence electrons. The van der Waals surface area contributed by atoms with Crippen molar-refractivity contribution >= 4 is 17.9 Å². The van der Waals surface area contributed by atoms with Gasteiger partial charge in [0.2, 0.25) is 0 Å². The Kier molecular flexibility index (Phi) is 6.65. The van der Waals surface area contributed by atoms with E-state index < -0.39 is 11.5 Å².